The summed E-state index contributed by atoms with van der Waals surface area (Å²) in [6, 6.07) is 12.8. The molecule has 0 bridgehead atoms. The van der Waals surface area contributed by atoms with Crippen molar-refractivity contribution in [2.45, 2.75) is 13.0 Å². The minimum atomic E-state index is -0.235. The Kier molecular flexibility index (Phi) is 5.15. The fourth-order valence-electron chi connectivity index (χ4n) is 2.18. The van der Waals surface area contributed by atoms with E-state index in [1.807, 2.05) is 37.3 Å². The van der Waals surface area contributed by atoms with Gasteiger partial charge in [0.2, 0.25) is 0 Å². The molecule has 4 heteroatoms. The van der Waals surface area contributed by atoms with Gasteiger partial charge in [0.15, 0.2) is 0 Å². The van der Waals surface area contributed by atoms with Crippen molar-refractivity contribution in [1.29, 1.82) is 0 Å². The highest BCUT2D eigenvalue weighted by Crippen LogP contribution is 2.29. The molecule has 106 valence electrons. The second-order valence-electron chi connectivity index (χ2n) is 4.41. The number of rotatable bonds is 5. The largest absolute Gasteiger partial charge is 0.497 e. The van der Waals surface area contributed by atoms with Crippen molar-refractivity contribution >= 4 is 15.9 Å². The van der Waals surface area contributed by atoms with Crippen LogP contribution in [0.2, 0.25) is 0 Å². The summed E-state index contributed by atoms with van der Waals surface area (Å²) in [5, 5.41) is 3.32. The van der Waals surface area contributed by atoms with Crippen molar-refractivity contribution in [3.8, 4) is 5.75 Å². The summed E-state index contributed by atoms with van der Waals surface area (Å²) in [6.07, 6.45) is 0. The van der Waals surface area contributed by atoms with Crippen molar-refractivity contribution in [2.75, 3.05) is 13.7 Å². The molecule has 2 nitrogen and oxygen atoms in total. The Bertz CT molecular complexity index is 588. The number of ether oxygens (including phenoxy) is 1. The zero-order valence-electron chi connectivity index (χ0n) is 11.5. The zero-order valence-corrected chi connectivity index (χ0v) is 13.1. The normalized spacial score (nSPS) is 12.2. The van der Waals surface area contributed by atoms with Crippen molar-refractivity contribution in [3.05, 3.63) is 63.9 Å². The Morgan fingerprint density at radius 3 is 2.70 bits per heavy atom. The molecule has 2 aromatic rings. The SMILES string of the molecule is CCNC(c1cccc(OC)c1)c1cccc(Br)c1F. The molecular formula is C16H17BrFNO. The van der Waals surface area contributed by atoms with Gasteiger partial charge in [0.05, 0.1) is 17.6 Å². The molecule has 1 N–H and O–H groups in total. The van der Waals surface area contributed by atoms with Crippen molar-refractivity contribution < 1.29 is 9.13 Å². The van der Waals surface area contributed by atoms with Gasteiger partial charge in [-0.2, -0.15) is 0 Å². The summed E-state index contributed by atoms with van der Waals surface area (Å²) in [4.78, 5) is 0. The molecule has 2 rings (SSSR count). The van der Waals surface area contributed by atoms with E-state index < -0.39 is 0 Å². The molecule has 2 aromatic carbocycles. The molecule has 20 heavy (non-hydrogen) atoms. The smallest absolute Gasteiger partial charge is 0.142 e. The van der Waals surface area contributed by atoms with E-state index in [9.17, 15) is 4.39 Å². The molecule has 0 aliphatic rings. The third-order valence-electron chi connectivity index (χ3n) is 3.13. The molecular weight excluding hydrogens is 321 g/mol. The molecule has 1 unspecified atom stereocenters. The van der Waals surface area contributed by atoms with Crippen LogP contribution in [0.4, 0.5) is 4.39 Å². The monoisotopic (exact) mass is 337 g/mol. The summed E-state index contributed by atoms with van der Waals surface area (Å²) < 4.78 is 20.0. The second-order valence-corrected chi connectivity index (χ2v) is 5.26. The molecule has 0 aliphatic carbocycles. The van der Waals surface area contributed by atoms with E-state index in [0.29, 0.717) is 10.0 Å². The van der Waals surface area contributed by atoms with Crippen LogP contribution in [0, 0.1) is 5.82 Å². The standard InChI is InChI=1S/C16H17BrFNO/c1-3-19-16(11-6-4-7-12(10-11)20-2)13-8-5-9-14(17)15(13)18/h4-10,16,19H,3H2,1-2H3. The van der Waals surface area contributed by atoms with E-state index >= 15 is 0 Å². The molecule has 0 saturated carbocycles. The average molecular weight is 338 g/mol. The molecule has 1 atom stereocenters. The number of benzene rings is 2. The van der Waals surface area contributed by atoms with Gasteiger partial charge in [-0.05, 0) is 46.2 Å². The third-order valence-corrected chi connectivity index (χ3v) is 3.74. The lowest BCUT2D eigenvalue weighted by Gasteiger charge is -2.20. The number of nitrogens with one attached hydrogen (secondary N) is 1. The lowest BCUT2D eigenvalue weighted by molar-refractivity contribution is 0.413. The number of hydrogen-bond donors (Lipinski definition) is 1. The van der Waals surface area contributed by atoms with E-state index in [1.54, 1.807) is 19.2 Å². The van der Waals surface area contributed by atoms with Crippen LogP contribution < -0.4 is 10.1 Å². The van der Waals surface area contributed by atoms with Crippen LogP contribution in [-0.2, 0) is 0 Å². The maximum atomic E-state index is 14.3. The Labute approximate surface area is 127 Å². The van der Waals surface area contributed by atoms with Gasteiger partial charge in [-0.3, -0.25) is 0 Å². The van der Waals surface area contributed by atoms with Crippen LogP contribution >= 0.6 is 15.9 Å². The van der Waals surface area contributed by atoms with Crippen LogP contribution in [0.3, 0.4) is 0 Å². The molecule has 0 fully saturated rings. The van der Waals surface area contributed by atoms with E-state index in [0.717, 1.165) is 17.9 Å². The molecule has 0 radical (unpaired) electrons. The van der Waals surface area contributed by atoms with E-state index in [4.69, 9.17) is 4.74 Å². The maximum Gasteiger partial charge on any atom is 0.142 e. The minimum absolute atomic E-state index is 0.201. The highest BCUT2D eigenvalue weighted by molar-refractivity contribution is 9.10. The van der Waals surface area contributed by atoms with Crippen molar-refractivity contribution in [1.82, 2.24) is 5.32 Å². The predicted octanol–water partition coefficient (Wildman–Crippen LogP) is 4.30. The van der Waals surface area contributed by atoms with Gasteiger partial charge in [-0.1, -0.05) is 31.2 Å². The number of hydrogen-bond acceptors (Lipinski definition) is 2. The maximum absolute atomic E-state index is 14.3. The molecule has 0 aromatic heterocycles. The van der Waals surface area contributed by atoms with Crippen LogP contribution in [0.15, 0.2) is 46.9 Å². The highest BCUT2D eigenvalue weighted by Gasteiger charge is 2.18. The zero-order chi connectivity index (χ0) is 14.5. The molecule has 0 spiro atoms. The van der Waals surface area contributed by atoms with Gasteiger partial charge in [0.1, 0.15) is 11.6 Å². The number of methoxy groups -OCH3 is 1. The Morgan fingerprint density at radius 2 is 2.00 bits per heavy atom. The van der Waals surface area contributed by atoms with Crippen molar-refractivity contribution in [3.63, 3.8) is 0 Å². The quantitative estimate of drug-likeness (QED) is 0.878. The van der Waals surface area contributed by atoms with Gasteiger partial charge >= 0.3 is 0 Å². The topological polar surface area (TPSA) is 21.3 Å². The van der Waals surface area contributed by atoms with Crippen LogP contribution in [0.1, 0.15) is 24.1 Å². The third kappa shape index (κ3) is 3.19. The van der Waals surface area contributed by atoms with Gasteiger partial charge in [-0.15, -0.1) is 0 Å². The lowest BCUT2D eigenvalue weighted by atomic mass is 9.98. The number of halogens is 2. The first-order chi connectivity index (χ1) is 9.67. The van der Waals surface area contributed by atoms with Crippen LogP contribution in [-0.4, -0.2) is 13.7 Å². The average Bonchev–Trinajstić information content (AvgIpc) is 2.48. The van der Waals surface area contributed by atoms with Crippen molar-refractivity contribution in [2.24, 2.45) is 0 Å². The van der Waals surface area contributed by atoms with Crippen LogP contribution in [0.5, 0.6) is 5.75 Å². The fraction of sp³-hybridized carbons (Fsp3) is 0.250. The van der Waals surface area contributed by atoms with E-state index in [1.165, 1.54) is 0 Å². The van der Waals surface area contributed by atoms with E-state index in [-0.39, 0.29) is 11.9 Å². The van der Waals surface area contributed by atoms with Crippen LogP contribution in [0.25, 0.3) is 0 Å². The Balaban J connectivity index is 2.47. The Morgan fingerprint density at radius 1 is 1.25 bits per heavy atom. The van der Waals surface area contributed by atoms with Gasteiger partial charge in [0.25, 0.3) is 0 Å². The first kappa shape index (κ1) is 15.0. The summed E-state index contributed by atoms with van der Waals surface area (Å²) in [6.45, 7) is 2.75. The lowest BCUT2D eigenvalue weighted by Crippen LogP contribution is -2.23. The summed E-state index contributed by atoms with van der Waals surface area (Å²) >= 11 is 3.24. The second kappa shape index (κ2) is 6.86. The molecule has 0 heterocycles. The predicted molar refractivity (Wildman–Crippen MR) is 82.6 cm³/mol. The summed E-state index contributed by atoms with van der Waals surface area (Å²) in [5.41, 5.74) is 1.60. The fourth-order valence-corrected chi connectivity index (χ4v) is 2.56. The first-order valence-corrected chi connectivity index (χ1v) is 7.28. The van der Waals surface area contributed by atoms with Gasteiger partial charge in [-0.25, -0.2) is 4.39 Å². The highest BCUT2D eigenvalue weighted by atomic mass is 79.9. The Hall–Kier alpha value is -1.39. The summed E-state index contributed by atoms with van der Waals surface area (Å²) in [5.74, 6) is 0.530. The van der Waals surface area contributed by atoms with E-state index in [2.05, 4.69) is 21.2 Å². The van der Waals surface area contributed by atoms with Gasteiger partial charge in [0, 0.05) is 5.56 Å². The molecule has 0 amide bonds. The van der Waals surface area contributed by atoms with Gasteiger partial charge < -0.3 is 10.1 Å². The molecule has 0 saturated heterocycles. The minimum Gasteiger partial charge on any atom is -0.497 e. The summed E-state index contributed by atoms with van der Waals surface area (Å²) in [7, 11) is 1.63. The first-order valence-electron chi connectivity index (χ1n) is 6.48. The molecule has 0 aliphatic heterocycles.